The maximum Gasteiger partial charge on any atom is 0.319 e. The van der Waals surface area contributed by atoms with Crippen molar-refractivity contribution in [3.63, 3.8) is 0 Å². The maximum atomic E-state index is 17.0. The van der Waals surface area contributed by atoms with Crippen molar-refractivity contribution in [1.82, 2.24) is 25.2 Å². The second-order valence-corrected chi connectivity index (χ2v) is 12.6. The Kier molecular flexibility index (Phi) is 7.83. The quantitative estimate of drug-likeness (QED) is 0.268. The first-order valence-corrected chi connectivity index (χ1v) is 16.4. The van der Waals surface area contributed by atoms with E-state index in [2.05, 4.69) is 28.0 Å². The molecular weight excluding hydrogens is 570 g/mol. The van der Waals surface area contributed by atoms with E-state index < -0.39 is 11.6 Å². The van der Waals surface area contributed by atoms with Crippen LogP contribution in [0.4, 0.5) is 14.6 Å². The Morgan fingerprint density at radius 1 is 1.04 bits per heavy atom. The van der Waals surface area contributed by atoms with E-state index in [-0.39, 0.29) is 40.3 Å². The van der Waals surface area contributed by atoms with Crippen LogP contribution in [0.3, 0.4) is 0 Å². The summed E-state index contributed by atoms with van der Waals surface area (Å²) >= 11 is 0. The standard InChI is InChI=1S/C34H34F2N6O.C2H6/c1-3-23-25(35)10-9-21-7-4-8-24(26(21)23)30-28(36)31-27-29(38-30)20(2)17-22-18-37-13-16-42(22)32(27)40-33(39-31)43-19-34-11-5-14-41(34)15-6-12-34;1-2/h1,4,7-10,20,22,37H,5-6,11-19H2,2H3;1-2H3. The van der Waals surface area contributed by atoms with Crippen LogP contribution in [0.2, 0.25) is 0 Å². The van der Waals surface area contributed by atoms with Gasteiger partial charge in [-0.3, -0.25) is 4.90 Å². The summed E-state index contributed by atoms with van der Waals surface area (Å²) in [5.74, 6) is 2.09. The Balaban J connectivity index is 0.00000160. The predicted octanol–water partition coefficient (Wildman–Crippen LogP) is 6.42. The zero-order valence-electron chi connectivity index (χ0n) is 26.3. The van der Waals surface area contributed by atoms with E-state index in [9.17, 15) is 4.39 Å². The van der Waals surface area contributed by atoms with Gasteiger partial charge < -0.3 is 15.0 Å². The molecule has 9 heteroatoms. The number of anilines is 1. The molecule has 0 radical (unpaired) electrons. The van der Waals surface area contributed by atoms with Gasteiger partial charge in [-0.05, 0) is 56.6 Å². The van der Waals surface area contributed by atoms with E-state index in [4.69, 9.17) is 26.1 Å². The van der Waals surface area contributed by atoms with E-state index >= 15 is 4.39 Å². The first kappa shape index (κ1) is 29.8. The van der Waals surface area contributed by atoms with E-state index in [1.807, 2.05) is 26.0 Å². The summed E-state index contributed by atoms with van der Waals surface area (Å²) in [5.41, 5.74) is 1.60. The molecule has 234 valence electrons. The van der Waals surface area contributed by atoms with Crippen LogP contribution in [-0.2, 0) is 0 Å². The monoisotopic (exact) mass is 610 g/mol. The van der Waals surface area contributed by atoms with Crippen LogP contribution >= 0.6 is 0 Å². The first-order chi connectivity index (χ1) is 22.0. The summed E-state index contributed by atoms with van der Waals surface area (Å²) in [4.78, 5) is 19.5. The summed E-state index contributed by atoms with van der Waals surface area (Å²) in [6, 6.07) is 8.81. The zero-order chi connectivity index (χ0) is 31.3. The average Bonchev–Trinajstić information content (AvgIpc) is 3.62. The van der Waals surface area contributed by atoms with Crippen molar-refractivity contribution >= 4 is 27.5 Å². The molecule has 2 aromatic heterocycles. The van der Waals surface area contributed by atoms with Crippen molar-refractivity contribution in [2.75, 3.05) is 44.2 Å². The van der Waals surface area contributed by atoms with Crippen LogP contribution < -0.4 is 15.0 Å². The molecule has 3 saturated heterocycles. The molecule has 0 spiro atoms. The van der Waals surface area contributed by atoms with Gasteiger partial charge in [0.1, 0.15) is 29.5 Å². The fourth-order valence-corrected chi connectivity index (χ4v) is 8.09. The van der Waals surface area contributed by atoms with Gasteiger partial charge >= 0.3 is 6.01 Å². The smallest absolute Gasteiger partial charge is 0.319 e. The van der Waals surface area contributed by atoms with Crippen molar-refractivity contribution in [3.05, 3.63) is 53.2 Å². The lowest BCUT2D eigenvalue weighted by Crippen LogP contribution is -2.51. The highest BCUT2D eigenvalue weighted by Gasteiger charge is 2.45. The molecule has 4 aromatic rings. The average molecular weight is 611 g/mol. The van der Waals surface area contributed by atoms with Gasteiger partial charge in [-0.15, -0.1) is 6.42 Å². The van der Waals surface area contributed by atoms with Gasteiger partial charge in [0, 0.05) is 42.5 Å². The Labute approximate surface area is 263 Å². The number of ether oxygens (including phenoxy) is 1. The highest BCUT2D eigenvalue weighted by Crippen LogP contribution is 2.44. The van der Waals surface area contributed by atoms with Gasteiger partial charge in [0.05, 0.1) is 22.2 Å². The number of hydrogen-bond acceptors (Lipinski definition) is 7. The number of fused-ring (bicyclic) bond motifs is 4. The summed E-state index contributed by atoms with van der Waals surface area (Å²) < 4.78 is 38.3. The third-order valence-corrected chi connectivity index (χ3v) is 10.2. The van der Waals surface area contributed by atoms with Crippen LogP contribution in [0, 0.1) is 24.0 Å². The molecule has 0 aliphatic carbocycles. The second-order valence-electron chi connectivity index (χ2n) is 12.6. The van der Waals surface area contributed by atoms with Crippen molar-refractivity contribution in [2.45, 2.75) is 70.4 Å². The number of piperazine rings is 1. The molecular formula is C36H40F2N6O. The Bertz CT molecular complexity index is 1810. The van der Waals surface area contributed by atoms with Crippen LogP contribution in [0.25, 0.3) is 32.9 Å². The largest absolute Gasteiger partial charge is 0.461 e. The van der Waals surface area contributed by atoms with Gasteiger partial charge in [-0.2, -0.15) is 9.97 Å². The van der Waals surface area contributed by atoms with Gasteiger partial charge in [-0.25, -0.2) is 13.8 Å². The molecule has 2 atom stereocenters. The van der Waals surface area contributed by atoms with Crippen LogP contribution in [0.5, 0.6) is 6.01 Å². The van der Waals surface area contributed by atoms with Crippen LogP contribution in [0.1, 0.15) is 70.1 Å². The number of terminal acetylenes is 1. The summed E-state index contributed by atoms with van der Waals surface area (Å²) in [6.07, 6.45) is 11.1. The fourth-order valence-electron chi connectivity index (χ4n) is 8.09. The normalized spacial score (nSPS) is 21.9. The summed E-state index contributed by atoms with van der Waals surface area (Å²) in [7, 11) is 0. The second kappa shape index (κ2) is 11.8. The molecule has 6 heterocycles. The Morgan fingerprint density at radius 3 is 2.62 bits per heavy atom. The number of aromatic nitrogens is 3. The van der Waals surface area contributed by atoms with E-state index in [1.54, 1.807) is 12.1 Å². The molecule has 4 aliphatic rings. The number of hydrogen-bond donors (Lipinski definition) is 1. The molecule has 0 saturated carbocycles. The number of benzene rings is 2. The number of halogens is 2. The molecule has 4 aliphatic heterocycles. The highest BCUT2D eigenvalue weighted by atomic mass is 19.1. The first-order valence-electron chi connectivity index (χ1n) is 16.4. The maximum absolute atomic E-state index is 17.0. The summed E-state index contributed by atoms with van der Waals surface area (Å²) in [5, 5.41) is 5.34. The lowest BCUT2D eigenvalue weighted by Gasteiger charge is -2.37. The van der Waals surface area contributed by atoms with Crippen molar-refractivity contribution in [2.24, 2.45) is 0 Å². The molecule has 0 bridgehead atoms. The van der Waals surface area contributed by atoms with E-state index in [1.165, 1.54) is 6.07 Å². The van der Waals surface area contributed by atoms with E-state index in [0.29, 0.717) is 28.8 Å². The minimum absolute atomic E-state index is 0.00426. The van der Waals surface area contributed by atoms with Gasteiger partial charge in [0.15, 0.2) is 5.82 Å². The number of nitrogens with zero attached hydrogens (tertiary/aromatic N) is 5. The molecule has 2 unspecified atom stereocenters. The third kappa shape index (κ3) is 4.81. The van der Waals surface area contributed by atoms with Crippen molar-refractivity contribution in [3.8, 4) is 29.6 Å². The number of nitrogens with one attached hydrogen (secondary N) is 1. The predicted molar refractivity (Wildman–Crippen MR) is 175 cm³/mol. The zero-order valence-corrected chi connectivity index (χ0v) is 26.3. The molecule has 2 aromatic carbocycles. The molecule has 0 amide bonds. The van der Waals surface area contributed by atoms with Gasteiger partial charge in [0.25, 0.3) is 0 Å². The third-order valence-electron chi connectivity index (χ3n) is 10.2. The minimum Gasteiger partial charge on any atom is -0.461 e. The van der Waals surface area contributed by atoms with Gasteiger partial charge in [-0.1, -0.05) is 51.0 Å². The number of rotatable bonds is 4. The van der Waals surface area contributed by atoms with Crippen LogP contribution in [0.15, 0.2) is 30.3 Å². The minimum atomic E-state index is -0.575. The van der Waals surface area contributed by atoms with Crippen LogP contribution in [-0.4, -0.2) is 70.8 Å². The molecule has 3 fully saturated rings. The Morgan fingerprint density at radius 2 is 1.84 bits per heavy atom. The van der Waals surface area contributed by atoms with Gasteiger partial charge in [0.2, 0.25) is 0 Å². The topological polar surface area (TPSA) is 66.4 Å². The fraction of sp³-hybridized carbons (Fsp3) is 0.472. The lowest BCUT2D eigenvalue weighted by molar-refractivity contribution is 0.108. The lowest BCUT2D eigenvalue weighted by atomic mass is 9.93. The van der Waals surface area contributed by atoms with E-state index in [0.717, 1.165) is 75.9 Å². The SMILES string of the molecule is C#Cc1c(F)ccc2cccc(-c3nc4c5c(nc(OCC67CCCN6CCC7)nc5c3F)N3CCNCC3CC4C)c12.CC. The molecule has 8 rings (SSSR count). The molecule has 45 heavy (non-hydrogen) atoms. The van der Waals surface area contributed by atoms with Crippen molar-refractivity contribution < 1.29 is 13.5 Å². The highest BCUT2D eigenvalue weighted by molar-refractivity contribution is 6.03. The Hall–Kier alpha value is -3.87. The number of pyridine rings is 1. The molecule has 7 nitrogen and oxygen atoms in total. The summed E-state index contributed by atoms with van der Waals surface area (Å²) in [6.45, 7) is 11.2. The molecule has 1 N–H and O–H groups in total. The van der Waals surface area contributed by atoms with Crippen molar-refractivity contribution in [1.29, 1.82) is 0 Å².